The Kier molecular flexibility index (Phi) is 7.36. The lowest BCUT2D eigenvalue weighted by Crippen LogP contribution is -2.49. The standard InChI is InChI=1S/C24H29N5O3/c1-5-13-32-27-17(3)19-11-12-23(16(2)14-19)31-15-21-20(18-9-10-18)7-6-8-22(21)29(26)24(30)28(4)25/h1,6-8,11-12,14,18H,9-10,13,15,25-26H2,2-4H3. The van der Waals surface area contributed by atoms with Gasteiger partial charge in [0.15, 0.2) is 6.61 Å². The van der Waals surface area contributed by atoms with E-state index in [1.807, 2.05) is 38.1 Å². The van der Waals surface area contributed by atoms with Gasteiger partial charge in [-0.2, -0.15) is 0 Å². The molecular weight excluding hydrogens is 406 g/mol. The minimum atomic E-state index is -0.512. The monoisotopic (exact) mass is 435 g/mol. The molecule has 8 nitrogen and oxygen atoms in total. The van der Waals surface area contributed by atoms with Crippen LogP contribution in [-0.4, -0.2) is 30.4 Å². The maximum atomic E-state index is 12.3. The van der Waals surface area contributed by atoms with Crippen molar-refractivity contribution in [1.29, 1.82) is 0 Å². The molecule has 4 N–H and O–H groups in total. The molecule has 1 aliphatic rings. The fraction of sp³-hybridized carbons (Fsp3) is 0.333. The molecule has 0 spiro atoms. The number of carbonyl (C=O) groups excluding carboxylic acids is 1. The minimum Gasteiger partial charge on any atom is -0.489 e. The Labute approximate surface area is 188 Å². The van der Waals surface area contributed by atoms with E-state index >= 15 is 0 Å². The van der Waals surface area contributed by atoms with Crippen LogP contribution in [0.5, 0.6) is 5.75 Å². The zero-order valence-electron chi connectivity index (χ0n) is 18.7. The van der Waals surface area contributed by atoms with Gasteiger partial charge in [-0.25, -0.2) is 21.5 Å². The molecule has 2 amide bonds. The fourth-order valence-corrected chi connectivity index (χ4v) is 3.43. The van der Waals surface area contributed by atoms with Gasteiger partial charge in [0.1, 0.15) is 12.4 Å². The third kappa shape index (κ3) is 5.38. The normalized spacial score (nSPS) is 13.3. The summed E-state index contributed by atoms with van der Waals surface area (Å²) in [6, 6.07) is 11.0. The van der Waals surface area contributed by atoms with E-state index in [0.717, 1.165) is 56.6 Å². The van der Waals surface area contributed by atoms with Gasteiger partial charge in [0, 0.05) is 12.6 Å². The van der Waals surface area contributed by atoms with E-state index in [1.54, 1.807) is 6.07 Å². The van der Waals surface area contributed by atoms with Crippen LogP contribution in [0.25, 0.3) is 0 Å². The van der Waals surface area contributed by atoms with Gasteiger partial charge in [0.2, 0.25) is 0 Å². The highest BCUT2D eigenvalue weighted by molar-refractivity contribution is 5.98. The zero-order valence-corrected chi connectivity index (χ0v) is 18.7. The topological polar surface area (TPSA) is 106 Å². The SMILES string of the molecule is C#CCON=C(C)c1ccc(OCc2c(C3CC3)cccc2N(N)C(=O)N(C)N)c(C)c1. The fourth-order valence-electron chi connectivity index (χ4n) is 3.43. The second-order valence-electron chi connectivity index (χ2n) is 7.81. The first-order chi connectivity index (χ1) is 15.3. The molecule has 0 unspecified atom stereocenters. The van der Waals surface area contributed by atoms with Gasteiger partial charge in [0.05, 0.1) is 11.4 Å². The summed E-state index contributed by atoms with van der Waals surface area (Å²) < 4.78 is 6.17. The number of hydrogen-bond acceptors (Lipinski definition) is 6. The van der Waals surface area contributed by atoms with Crippen molar-refractivity contribution >= 4 is 17.4 Å². The van der Waals surface area contributed by atoms with Gasteiger partial charge in [-0.05, 0) is 73.6 Å². The smallest absolute Gasteiger partial charge is 0.352 e. The van der Waals surface area contributed by atoms with Gasteiger partial charge in [0.25, 0.3) is 0 Å². The van der Waals surface area contributed by atoms with Crippen molar-refractivity contribution in [2.45, 2.75) is 39.2 Å². The summed E-state index contributed by atoms with van der Waals surface area (Å²) in [4.78, 5) is 17.4. The number of rotatable bonds is 8. The molecule has 1 saturated carbocycles. The van der Waals surface area contributed by atoms with Crippen molar-refractivity contribution in [2.75, 3.05) is 18.7 Å². The molecule has 0 aromatic heterocycles. The van der Waals surface area contributed by atoms with Crippen molar-refractivity contribution < 1.29 is 14.4 Å². The van der Waals surface area contributed by atoms with Crippen molar-refractivity contribution in [3.63, 3.8) is 0 Å². The number of oxime groups is 1. The van der Waals surface area contributed by atoms with E-state index in [9.17, 15) is 4.79 Å². The van der Waals surface area contributed by atoms with E-state index in [4.69, 9.17) is 27.7 Å². The average molecular weight is 436 g/mol. The van der Waals surface area contributed by atoms with Crippen LogP contribution in [-0.2, 0) is 11.4 Å². The van der Waals surface area contributed by atoms with Gasteiger partial charge in [-0.1, -0.05) is 23.2 Å². The number of aryl methyl sites for hydroxylation is 1. The van der Waals surface area contributed by atoms with Crippen LogP contribution >= 0.6 is 0 Å². The Morgan fingerprint density at radius 1 is 1.28 bits per heavy atom. The zero-order chi connectivity index (χ0) is 23.3. The van der Waals surface area contributed by atoms with Crippen LogP contribution in [0, 0.1) is 19.3 Å². The number of nitrogens with two attached hydrogens (primary N) is 2. The number of hydrazine groups is 2. The summed E-state index contributed by atoms with van der Waals surface area (Å²) in [7, 11) is 1.46. The Morgan fingerprint density at radius 2 is 2.03 bits per heavy atom. The Hall–Kier alpha value is -3.54. The highest BCUT2D eigenvalue weighted by atomic mass is 16.6. The molecule has 0 radical (unpaired) electrons. The summed E-state index contributed by atoms with van der Waals surface area (Å²) in [5.41, 5.74) is 5.20. The van der Waals surface area contributed by atoms with Crippen molar-refractivity contribution in [3.05, 3.63) is 58.7 Å². The summed E-state index contributed by atoms with van der Waals surface area (Å²) in [6.45, 7) is 4.21. The molecule has 168 valence electrons. The molecule has 0 heterocycles. The molecular formula is C24H29N5O3. The molecule has 3 rings (SSSR count). The first-order valence-corrected chi connectivity index (χ1v) is 10.4. The van der Waals surface area contributed by atoms with Crippen LogP contribution < -0.4 is 21.4 Å². The Balaban J connectivity index is 1.83. The lowest BCUT2D eigenvalue weighted by Gasteiger charge is -2.25. The number of benzene rings is 2. The first-order valence-electron chi connectivity index (χ1n) is 10.4. The van der Waals surface area contributed by atoms with E-state index in [0.29, 0.717) is 11.6 Å². The number of carbonyl (C=O) groups is 1. The Morgan fingerprint density at radius 3 is 2.66 bits per heavy atom. The maximum absolute atomic E-state index is 12.3. The molecule has 1 aliphatic carbocycles. The lowest BCUT2D eigenvalue weighted by atomic mass is 10.0. The van der Waals surface area contributed by atoms with E-state index < -0.39 is 6.03 Å². The van der Waals surface area contributed by atoms with Gasteiger partial charge in [-0.3, -0.25) is 5.01 Å². The van der Waals surface area contributed by atoms with Crippen LogP contribution in [0.1, 0.15) is 47.9 Å². The van der Waals surface area contributed by atoms with Gasteiger partial charge < -0.3 is 9.57 Å². The molecule has 1 fully saturated rings. The summed E-state index contributed by atoms with van der Waals surface area (Å²) in [6.07, 6.45) is 7.40. The summed E-state index contributed by atoms with van der Waals surface area (Å²) >= 11 is 0. The molecule has 0 saturated heterocycles. The predicted octanol–water partition coefficient (Wildman–Crippen LogP) is 3.43. The average Bonchev–Trinajstić information content (AvgIpc) is 3.62. The van der Waals surface area contributed by atoms with Crippen molar-refractivity contribution in [2.24, 2.45) is 16.8 Å². The lowest BCUT2D eigenvalue weighted by molar-refractivity contribution is 0.180. The number of urea groups is 1. The third-order valence-corrected chi connectivity index (χ3v) is 5.29. The van der Waals surface area contributed by atoms with E-state index in [1.165, 1.54) is 7.05 Å². The van der Waals surface area contributed by atoms with Crippen molar-refractivity contribution in [1.82, 2.24) is 5.01 Å². The van der Waals surface area contributed by atoms with Crippen LogP contribution in [0.3, 0.4) is 0 Å². The number of anilines is 1. The van der Waals surface area contributed by atoms with E-state index in [-0.39, 0.29) is 13.2 Å². The number of terminal acetylenes is 1. The van der Waals surface area contributed by atoms with Gasteiger partial charge in [-0.15, -0.1) is 6.42 Å². The number of amides is 2. The quantitative estimate of drug-likeness (QED) is 0.165. The largest absolute Gasteiger partial charge is 0.489 e. The third-order valence-electron chi connectivity index (χ3n) is 5.29. The Bertz CT molecular complexity index is 1050. The summed E-state index contributed by atoms with van der Waals surface area (Å²) in [5.74, 6) is 15.3. The number of hydrogen-bond donors (Lipinski definition) is 2. The summed E-state index contributed by atoms with van der Waals surface area (Å²) in [5, 5.41) is 6.03. The minimum absolute atomic E-state index is 0.126. The van der Waals surface area contributed by atoms with Crippen LogP contribution in [0.4, 0.5) is 10.5 Å². The van der Waals surface area contributed by atoms with Crippen LogP contribution in [0.2, 0.25) is 0 Å². The number of ether oxygens (including phenoxy) is 1. The van der Waals surface area contributed by atoms with E-state index in [2.05, 4.69) is 17.1 Å². The second-order valence-corrected chi connectivity index (χ2v) is 7.81. The first kappa shape index (κ1) is 23.1. The van der Waals surface area contributed by atoms with Gasteiger partial charge >= 0.3 is 6.03 Å². The molecule has 0 aliphatic heterocycles. The highest BCUT2D eigenvalue weighted by Crippen LogP contribution is 2.44. The molecule has 0 bridgehead atoms. The molecule has 8 heteroatoms. The van der Waals surface area contributed by atoms with Crippen LogP contribution in [0.15, 0.2) is 41.6 Å². The molecule has 0 atom stereocenters. The predicted molar refractivity (Wildman–Crippen MR) is 125 cm³/mol. The maximum Gasteiger partial charge on any atom is 0.352 e. The highest BCUT2D eigenvalue weighted by Gasteiger charge is 2.29. The molecule has 2 aromatic carbocycles. The molecule has 32 heavy (non-hydrogen) atoms. The second kappa shape index (κ2) is 10.2. The number of nitrogens with zero attached hydrogens (tertiary/aromatic N) is 3. The van der Waals surface area contributed by atoms with Crippen molar-refractivity contribution in [3.8, 4) is 18.1 Å². The molecule has 2 aromatic rings.